The standard InChI is InChI=1S/C22H22N4O2/c1-14-7-5-6-8-21(14)26-16(3)20(15(2)24-26)13-25(4)22(28)18-9-17(12-23)10-19(27)11-18/h5-11,27H,13H2,1-4H3. The number of carbonyl (C=O) groups excluding carboxylic acids is 1. The lowest BCUT2D eigenvalue weighted by atomic mass is 10.1. The van der Waals surface area contributed by atoms with Gasteiger partial charge in [0.2, 0.25) is 0 Å². The normalized spacial score (nSPS) is 10.5. The number of nitrogens with zero attached hydrogens (tertiary/aromatic N) is 4. The van der Waals surface area contributed by atoms with Gasteiger partial charge in [-0.25, -0.2) is 4.68 Å². The number of amides is 1. The van der Waals surface area contributed by atoms with Crippen molar-refractivity contribution < 1.29 is 9.90 Å². The lowest BCUT2D eigenvalue weighted by Gasteiger charge is -2.18. The molecule has 0 spiro atoms. The molecule has 1 N–H and O–H groups in total. The summed E-state index contributed by atoms with van der Waals surface area (Å²) < 4.78 is 1.90. The number of nitriles is 1. The molecule has 0 unspecified atom stereocenters. The fourth-order valence-electron chi connectivity index (χ4n) is 3.27. The van der Waals surface area contributed by atoms with E-state index in [1.807, 2.05) is 55.8 Å². The van der Waals surface area contributed by atoms with E-state index in [1.165, 1.54) is 18.2 Å². The number of hydrogen-bond donors (Lipinski definition) is 1. The third-order valence-corrected chi connectivity index (χ3v) is 4.82. The molecule has 0 fully saturated rings. The number of aromatic hydroxyl groups is 1. The number of benzene rings is 2. The third kappa shape index (κ3) is 3.60. The van der Waals surface area contributed by atoms with Gasteiger partial charge in [0, 0.05) is 30.4 Å². The number of para-hydroxylation sites is 1. The molecule has 2 aromatic carbocycles. The summed E-state index contributed by atoms with van der Waals surface area (Å²) in [6, 6.07) is 14.2. The number of rotatable bonds is 4. The second kappa shape index (κ2) is 7.57. The molecule has 0 atom stereocenters. The van der Waals surface area contributed by atoms with Crippen molar-refractivity contribution in [1.82, 2.24) is 14.7 Å². The first-order valence-corrected chi connectivity index (χ1v) is 8.92. The van der Waals surface area contributed by atoms with Crippen molar-refractivity contribution in [2.75, 3.05) is 7.05 Å². The van der Waals surface area contributed by atoms with Gasteiger partial charge in [0.05, 0.1) is 23.0 Å². The van der Waals surface area contributed by atoms with Gasteiger partial charge in [-0.3, -0.25) is 4.79 Å². The lowest BCUT2D eigenvalue weighted by Crippen LogP contribution is -2.26. The van der Waals surface area contributed by atoms with Crippen LogP contribution >= 0.6 is 0 Å². The lowest BCUT2D eigenvalue weighted by molar-refractivity contribution is 0.0784. The summed E-state index contributed by atoms with van der Waals surface area (Å²) in [7, 11) is 1.70. The first-order chi connectivity index (χ1) is 13.3. The van der Waals surface area contributed by atoms with Crippen LogP contribution in [0.25, 0.3) is 5.69 Å². The number of aryl methyl sites for hydroxylation is 2. The summed E-state index contributed by atoms with van der Waals surface area (Å²) in [6.45, 7) is 6.33. The van der Waals surface area contributed by atoms with E-state index in [-0.39, 0.29) is 22.8 Å². The van der Waals surface area contributed by atoms with E-state index >= 15 is 0 Å². The molecule has 0 saturated heterocycles. The quantitative estimate of drug-likeness (QED) is 0.756. The smallest absolute Gasteiger partial charge is 0.254 e. The van der Waals surface area contributed by atoms with Crippen molar-refractivity contribution in [3.8, 4) is 17.5 Å². The average molecular weight is 374 g/mol. The summed E-state index contributed by atoms with van der Waals surface area (Å²) >= 11 is 0. The maximum atomic E-state index is 12.8. The molecule has 6 nitrogen and oxygen atoms in total. The molecule has 1 amide bonds. The van der Waals surface area contributed by atoms with Crippen LogP contribution < -0.4 is 0 Å². The minimum absolute atomic E-state index is 0.101. The Morgan fingerprint density at radius 3 is 2.61 bits per heavy atom. The molecule has 0 saturated carbocycles. The van der Waals surface area contributed by atoms with Crippen LogP contribution in [0.5, 0.6) is 5.75 Å². The second-order valence-corrected chi connectivity index (χ2v) is 6.89. The zero-order chi connectivity index (χ0) is 20.4. The minimum atomic E-state index is -0.269. The summed E-state index contributed by atoms with van der Waals surface area (Å²) in [6.07, 6.45) is 0. The van der Waals surface area contributed by atoms with E-state index in [0.717, 1.165) is 28.2 Å². The fourth-order valence-corrected chi connectivity index (χ4v) is 3.27. The van der Waals surface area contributed by atoms with Crippen LogP contribution in [0.3, 0.4) is 0 Å². The van der Waals surface area contributed by atoms with E-state index in [4.69, 9.17) is 5.26 Å². The second-order valence-electron chi connectivity index (χ2n) is 6.89. The number of carbonyl (C=O) groups is 1. The largest absolute Gasteiger partial charge is 0.508 e. The topological polar surface area (TPSA) is 82.2 Å². The predicted molar refractivity (Wildman–Crippen MR) is 106 cm³/mol. The molecular formula is C22H22N4O2. The molecule has 1 aromatic heterocycles. The maximum Gasteiger partial charge on any atom is 0.254 e. The first kappa shape index (κ1) is 19.2. The van der Waals surface area contributed by atoms with E-state index in [1.54, 1.807) is 11.9 Å². The zero-order valence-electron chi connectivity index (χ0n) is 16.4. The van der Waals surface area contributed by atoms with Crippen LogP contribution in [-0.2, 0) is 6.54 Å². The Morgan fingerprint density at radius 2 is 1.93 bits per heavy atom. The molecule has 0 bridgehead atoms. The average Bonchev–Trinajstić information content (AvgIpc) is 2.95. The van der Waals surface area contributed by atoms with Crippen molar-refractivity contribution >= 4 is 5.91 Å². The maximum absolute atomic E-state index is 12.8. The summed E-state index contributed by atoms with van der Waals surface area (Å²) in [5.41, 5.74) is 5.45. The van der Waals surface area contributed by atoms with Gasteiger partial charge in [-0.2, -0.15) is 10.4 Å². The van der Waals surface area contributed by atoms with Gasteiger partial charge < -0.3 is 10.0 Å². The van der Waals surface area contributed by atoms with E-state index in [2.05, 4.69) is 5.10 Å². The number of hydrogen-bond acceptors (Lipinski definition) is 4. The molecule has 0 aliphatic carbocycles. The Bertz CT molecular complexity index is 1090. The van der Waals surface area contributed by atoms with Gasteiger partial charge in [0.1, 0.15) is 5.75 Å². The Balaban J connectivity index is 1.90. The predicted octanol–water partition coefficient (Wildman–Crippen LogP) is 3.65. The molecule has 6 heteroatoms. The van der Waals surface area contributed by atoms with E-state index in [9.17, 15) is 9.90 Å². The van der Waals surface area contributed by atoms with Crippen LogP contribution in [-0.4, -0.2) is 32.7 Å². The van der Waals surface area contributed by atoms with Crippen molar-refractivity contribution in [3.05, 3.63) is 76.1 Å². The van der Waals surface area contributed by atoms with Crippen molar-refractivity contribution in [1.29, 1.82) is 5.26 Å². The Kier molecular flexibility index (Phi) is 5.18. The number of phenolic OH excluding ortho intramolecular Hbond substituents is 1. The molecular weight excluding hydrogens is 352 g/mol. The van der Waals surface area contributed by atoms with Crippen molar-refractivity contribution in [2.45, 2.75) is 27.3 Å². The number of phenols is 1. The van der Waals surface area contributed by atoms with Crippen LogP contribution in [0.2, 0.25) is 0 Å². The van der Waals surface area contributed by atoms with Gasteiger partial charge in [-0.05, 0) is 50.6 Å². The van der Waals surface area contributed by atoms with E-state index in [0.29, 0.717) is 6.54 Å². The molecule has 142 valence electrons. The Labute approximate surface area is 164 Å². The summed E-state index contributed by atoms with van der Waals surface area (Å²) in [5, 5.41) is 23.5. The Hall–Kier alpha value is -3.59. The highest BCUT2D eigenvalue weighted by Crippen LogP contribution is 2.23. The van der Waals surface area contributed by atoms with Crippen LogP contribution in [0, 0.1) is 32.1 Å². The highest BCUT2D eigenvalue weighted by Gasteiger charge is 2.19. The Morgan fingerprint density at radius 1 is 1.21 bits per heavy atom. The van der Waals surface area contributed by atoms with Gasteiger partial charge in [0.15, 0.2) is 0 Å². The van der Waals surface area contributed by atoms with Gasteiger partial charge in [0.25, 0.3) is 5.91 Å². The van der Waals surface area contributed by atoms with Crippen LogP contribution in [0.15, 0.2) is 42.5 Å². The monoisotopic (exact) mass is 374 g/mol. The van der Waals surface area contributed by atoms with Gasteiger partial charge in [-0.1, -0.05) is 18.2 Å². The molecule has 0 aliphatic heterocycles. The molecule has 1 heterocycles. The first-order valence-electron chi connectivity index (χ1n) is 8.92. The highest BCUT2D eigenvalue weighted by molar-refractivity contribution is 5.94. The highest BCUT2D eigenvalue weighted by atomic mass is 16.3. The van der Waals surface area contributed by atoms with E-state index < -0.39 is 0 Å². The van der Waals surface area contributed by atoms with Crippen molar-refractivity contribution in [3.63, 3.8) is 0 Å². The molecule has 0 aliphatic rings. The van der Waals surface area contributed by atoms with Crippen LogP contribution in [0.1, 0.15) is 38.4 Å². The van der Waals surface area contributed by atoms with Crippen LogP contribution in [0.4, 0.5) is 0 Å². The molecule has 3 rings (SSSR count). The SMILES string of the molecule is Cc1ccccc1-n1nc(C)c(CN(C)C(=O)c2cc(O)cc(C#N)c2)c1C. The molecule has 28 heavy (non-hydrogen) atoms. The molecule has 0 radical (unpaired) electrons. The fraction of sp³-hybridized carbons (Fsp3) is 0.227. The third-order valence-electron chi connectivity index (χ3n) is 4.82. The number of aromatic nitrogens is 2. The van der Waals surface area contributed by atoms with Gasteiger partial charge >= 0.3 is 0 Å². The summed E-state index contributed by atoms with van der Waals surface area (Å²) in [4.78, 5) is 14.4. The van der Waals surface area contributed by atoms with Gasteiger partial charge in [-0.15, -0.1) is 0 Å². The molecule has 3 aromatic rings. The zero-order valence-corrected chi connectivity index (χ0v) is 16.4. The van der Waals surface area contributed by atoms with Crippen molar-refractivity contribution in [2.24, 2.45) is 0 Å². The summed E-state index contributed by atoms with van der Waals surface area (Å²) in [5.74, 6) is -0.370. The minimum Gasteiger partial charge on any atom is -0.508 e.